The summed E-state index contributed by atoms with van der Waals surface area (Å²) in [6.07, 6.45) is 0. The van der Waals surface area contributed by atoms with E-state index in [0.717, 1.165) is 27.7 Å². The van der Waals surface area contributed by atoms with Crippen molar-refractivity contribution in [3.8, 4) is 0 Å². The fourth-order valence-corrected chi connectivity index (χ4v) is 2.96. The third-order valence-electron chi connectivity index (χ3n) is 3.98. The lowest BCUT2D eigenvalue weighted by molar-refractivity contribution is 0.0953. The minimum Gasteiger partial charge on any atom is -0.451 e. The van der Waals surface area contributed by atoms with Gasteiger partial charge in [0.1, 0.15) is 5.58 Å². The van der Waals surface area contributed by atoms with Gasteiger partial charge >= 0.3 is 0 Å². The number of carbonyl (C=O) groups excluding carboxylic acids is 1. The second-order valence-electron chi connectivity index (χ2n) is 5.89. The molecule has 26 heavy (non-hydrogen) atoms. The van der Waals surface area contributed by atoms with Crippen LogP contribution in [0.25, 0.3) is 21.9 Å². The predicted molar refractivity (Wildman–Crippen MR) is 106 cm³/mol. The molecule has 1 amide bonds. The summed E-state index contributed by atoms with van der Waals surface area (Å²) in [5.41, 5.74) is 3.10. The van der Waals surface area contributed by atoms with E-state index in [9.17, 15) is 4.79 Å². The number of fused-ring (bicyclic) bond motifs is 2. The van der Waals surface area contributed by atoms with Crippen LogP contribution in [-0.2, 0) is 0 Å². The van der Waals surface area contributed by atoms with Gasteiger partial charge in [-0.1, -0.05) is 36.4 Å². The molecule has 2 N–H and O–H groups in total. The fraction of sp³-hybridized carbons (Fsp3) is 0.0500. The van der Waals surface area contributed by atoms with Crippen LogP contribution in [-0.4, -0.2) is 16.0 Å². The zero-order valence-electron chi connectivity index (χ0n) is 13.9. The predicted octanol–water partition coefficient (Wildman–Crippen LogP) is 4.42. The number of carbonyl (C=O) groups is 1. The lowest BCUT2D eigenvalue weighted by atomic mass is 10.2. The summed E-state index contributed by atoms with van der Waals surface area (Å²) in [7, 11) is 0. The Morgan fingerprint density at radius 2 is 1.85 bits per heavy atom. The van der Waals surface area contributed by atoms with Gasteiger partial charge in [-0.25, -0.2) is 0 Å². The van der Waals surface area contributed by atoms with Gasteiger partial charge in [0.25, 0.3) is 5.91 Å². The van der Waals surface area contributed by atoms with Crippen LogP contribution in [0.2, 0.25) is 0 Å². The molecular formula is C20H15N3O2S. The molecule has 5 nitrogen and oxygen atoms in total. The average molecular weight is 361 g/mol. The number of hydrogen-bond donors (Lipinski definition) is 2. The fourth-order valence-electron chi connectivity index (χ4n) is 2.76. The number of benzene rings is 2. The minimum absolute atomic E-state index is 0.186. The van der Waals surface area contributed by atoms with Crippen LogP contribution in [0.3, 0.4) is 0 Å². The monoisotopic (exact) mass is 361 g/mol. The van der Waals surface area contributed by atoms with Crippen LogP contribution in [0.1, 0.15) is 16.2 Å². The Morgan fingerprint density at radius 3 is 2.69 bits per heavy atom. The summed E-state index contributed by atoms with van der Waals surface area (Å²) in [5, 5.41) is 7.73. The summed E-state index contributed by atoms with van der Waals surface area (Å²) in [6.45, 7) is 1.93. The maximum Gasteiger partial charge on any atom is 0.293 e. The first-order valence-corrected chi connectivity index (χ1v) is 8.48. The third-order valence-corrected chi connectivity index (χ3v) is 4.19. The summed E-state index contributed by atoms with van der Waals surface area (Å²) in [4.78, 5) is 16.9. The topological polar surface area (TPSA) is 67.2 Å². The van der Waals surface area contributed by atoms with E-state index in [2.05, 4.69) is 15.6 Å². The highest BCUT2D eigenvalue weighted by Crippen LogP contribution is 2.22. The SMILES string of the molecule is Cc1ccc2cccc(NC(=S)NC(=O)c3cc4ccccc4o3)c2n1. The van der Waals surface area contributed by atoms with Gasteiger partial charge in [-0.15, -0.1) is 0 Å². The van der Waals surface area contributed by atoms with Crippen LogP contribution in [0.15, 0.2) is 65.1 Å². The molecule has 6 heteroatoms. The van der Waals surface area contributed by atoms with Gasteiger partial charge in [0.15, 0.2) is 10.9 Å². The lowest BCUT2D eigenvalue weighted by Gasteiger charge is -2.11. The van der Waals surface area contributed by atoms with Crippen molar-refractivity contribution in [2.45, 2.75) is 6.92 Å². The maximum absolute atomic E-state index is 12.4. The van der Waals surface area contributed by atoms with E-state index in [-0.39, 0.29) is 10.9 Å². The Labute approximate surface area is 155 Å². The quantitative estimate of drug-likeness (QED) is 0.518. The molecule has 0 unspecified atom stereocenters. The number of hydrogen-bond acceptors (Lipinski definition) is 4. The van der Waals surface area contributed by atoms with E-state index in [0.29, 0.717) is 5.58 Å². The van der Waals surface area contributed by atoms with Gasteiger partial charge in [0.2, 0.25) is 0 Å². The summed E-state index contributed by atoms with van der Waals surface area (Å²) in [5.74, 6) is -0.190. The molecule has 0 aliphatic rings. The summed E-state index contributed by atoms with van der Waals surface area (Å²) < 4.78 is 5.56. The molecular weight excluding hydrogens is 346 g/mol. The van der Waals surface area contributed by atoms with Crippen LogP contribution < -0.4 is 10.6 Å². The van der Waals surface area contributed by atoms with Gasteiger partial charge in [-0.2, -0.15) is 0 Å². The van der Waals surface area contributed by atoms with E-state index in [1.807, 2.05) is 61.5 Å². The number of anilines is 1. The zero-order valence-corrected chi connectivity index (χ0v) is 14.8. The maximum atomic E-state index is 12.4. The van der Waals surface area contributed by atoms with Crippen molar-refractivity contribution in [3.05, 3.63) is 72.1 Å². The van der Waals surface area contributed by atoms with Crippen molar-refractivity contribution in [2.24, 2.45) is 0 Å². The van der Waals surface area contributed by atoms with Crippen LogP contribution in [0.5, 0.6) is 0 Å². The molecule has 2 heterocycles. The summed E-state index contributed by atoms with van der Waals surface area (Å²) >= 11 is 5.28. The molecule has 0 bridgehead atoms. The van der Waals surface area contributed by atoms with E-state index in [1.54, 1.807) is 6.07 Å². The molecule has 0 atom stereocenters. The highest BCUT2D eigenvalue weighted by molar-refractivity contribution is 7.80. The highest BCUT2D eigenvalue weighted by Gasteiger charge is 2.14. The van der Waals surface area contributed by atoms with Gasteiger partial charge in [-0.05, 0) is 43.4 Å². The van der Waals surface area contributed by atoms with Crippen molar-refractivity contribution in [1.82, 2.24) is 10.3 Å². The van der Waals surface area contributed by atoms with Crippen LogP contribution >= 0.6 is 12.2 Å². The Morgan fingerprint density at radius 1 is 1.04 bits per heavy atom. The largest absolute Gasteiger partial charge is 0.451 e. The highest BCUT2D eigenvalue weighted by atomic mass is 32.1. The van der Waals surface area contributed by atoms with Gasteiger partial charge in [-0.3, -0.25) is 15.1 Å². The Kier molecular flexibility index (Phi) is 4.10. The molecule has 0 fully saturated rings. The smallest absolute Gasteiger partial charge is 0.293 e. The van der Waals surface area contributed by atoms with E-state index in [1.165, 1.54) is 0 Å². The molecule has 2 aromatic carbocycles. The second-order valence-corrected chi connectivity index (χ2v) is 6.29. The van der Waals surface area contributed by atoms with Crippen molar-refractivity contribution in [3.63, 3.8) is 0 Å². The molecule has 0 aliphatic carbocycles. The van der Waals surface area contributed by atoms with E-state index in [4.69, 9.17) is 16.6 Å². The number of thiocarbonyl (C=S) groups is 1. The van der Waals surface area contributed by atoms with E-state index >= 15 is 0 Å². The lowest BCUT2D eigenvalue weighted by Crippen LogP contribution is -2.34. The van der Waals surface area contributed by atoms with Crippen molar-refractivity contribution < 1.29 is 9.21 Å². The molecule has 0 aliphatic heterocycles. The molecule has 4 rings (SSSR count). The average Bonchev–Trinajstić information content (AvgIpc) is 3.06. The summed E-state index contributed by atoms with van der Waals surface area (Å²) in [6, 6.07) is 18.8. The third kappa shape index (κ3) is 3.14. The molecule has 0 spiro atoms. The number of amides is 1. The van der Waals surface area contributed by atoms with Crippen LogP contribution in [0.4, 0.5) is 5.69 Å². The van der Waals surface area contributed by atoms with Crippen molar-refractivity contribution in [2.75, 3.05) is 5.32 Å². The van der Waals surface area contributed by atoms with Crippen molar-refractivity contribution in [1.29, 1.82) is 0 Å². The number of rotatable bonds is 2. The Balaban J connectivity index is 1.53. The number of furan rings is 1. The number of nitrogens with zero attached hydrogens (tertiary/aromatic N) is 1. The molecule has 4 aromatic rings. The standard InChI is InChI=1S/C20H15N3O2S/c1-12-9-10-13-6-4-7-15(18(13)21-12)22-20(26)23-19(24)17-11-14-5-2-3-8-16(14)25-17/h2-11H,1H3,(H2,22,23,24,26). The van der Waals surface area contributed by atoms with Crippen LogP contribution in [0, 0.1) is 6.92 Å². The van der Waals surface area contributed by atoms with Gasteiger partial charge in [0, 0.05) is 16.5 Å². The number of aryl methyl sites for hydroxylation is 1. The van der Waals surface area contributed by atoms with Gasteiger partial charge < -0.3 is 9.73 Å². The Hall–Kier alpha value is -3.25. The second kappa shape index (κ2) is 6.57. The molecule has 128 valence electrons. The first-order valence-electron chi connectivity index (χ1n) is 8.07. The Bertz CT molecular complexity index is 1120. The van der Waals surface area contributed by atoms with Gasteiger partial charge in [0.05, 0.1) is 11.2 Å². The normalized spacial score (nSPS) is 10.8. The molecule has 2 aromatic heterocycles. The number of para-hydroxylation sites is 2. The minimum atomic E-state index is -0.400. The number of nitrogens with one attached hydrogen (secondary N) is 2. The van der Waals surface area contributed by atoms with Crippen molar-refractivity contribution >= 4 is 50.8 Å². The first-order chi connectivity index (χ1) is 12.6. The zero-order chi connectivity index (χ0) is 18.1. The number of aromatic nitrogens is 1. The van der Waals surface area contributed by atoms with E-state index < -0.39 is 5.91 Å². The number of pyridine rings is 1. The first kappa shape index (κ1) is 16.2. The molecule has 0 saturated heterocycles. The molecule has 0 saturated carbocycles. The molecule has 0 radical (unpaired) electrons.